The lowest BCUT2D eigenvalue weighted by Gasteiger charge is -2.18. The van der Waals surface area contributed by atoms with E-state index < -0.39 is 0 Å². The third-order valence-corrected chi connectivity index (χ3v) is 5.21. The highest BCUT2D eigenvalue weighted by molar-refractivity contribution is 9.11. The third-order valence-electron chi connectivity index (χ3n) is 3.56. The molecule has 1 saturated carbocycles. The van der Waals surface area contributed by atoms with Crippen molar-refractivity contribution in [3.63, 3.8) is 0 Å². The van der Waals surface area contributed by atoms with E-state index in [9.17, 15) is 0 Å². The van der Waals surface area contributed by atoms with Crippen LogP contribution < -0.4 is 5.32 Å². The van der Waals surface area contributed by atoms with Gasteiger partial charge in [-0.1, -0.05) is 19.3 Å². The molecule has 1 N–H and O–H groups in total. The van der Waals surface area contributed by atoms with Crippen LogP contribution in [0.2, 0.25) is 0 Å². The number of hydrogen-bond acceptors (Lipinski definition) is 2. The number of nitrogens with one attached hydrogen (secondary N) is 1. The Labute approximate surface area is 111 Å². The molecule has 1 aliphatic carbocycles. The minimum absolute atomic E-state index is 0.746. The summed E-state index contributed by atoms with van der Waals surface area (Å²) in [5, 5.41) is 3.46. The Bertz CT molecular complexity index is 323. The molecule has 0 radical (unpaired) electrons. The highest BCUT2D eigenvalue weighted by Crippen LogP contribution is 2.30. The summed E-state index contributed by atoms with van der Waals surface area (Å²) in [6.07, 6.45) is 8.21. The van der Waals surface area contributed by atoms with Crippen LogP contribution in [0.1, 0.15) is 37.0 Å². The molecule has 0 aromatic carbocycles. The maximum Gasteiger partial charge on any atom is 0.0701 e. The molecule has 3 heteroatoms. The molecule has 1 aromatic heterocycles. The molecular formula is C13H20BrNS. The van der Waals surface area contributed by atoms with Crippen LogP contribution in [0.3, 0.4) is 0 Å². The molecule has 1 aliphatic rings. The first-order valence-corrected chi connectivity index (χ1v) is 7.80. The molecule has 0 saturated heterocycles. The first-order chi connectivity index (χ1) is 7.78. The lowest BCUT2D eigenvalue weighted by molar-refractivity contribution is 0.402. The van der Waals surface area contributed by atoms with E-state index in [1.54, 1.807) is 0 Å². The third kappa shape index (κ3) is 3.57. The zero-order valence-corrected chi connectivity index (χ0v) is 12.2. The fourth-order valence-corrected chi connectivity index (χ4v) is 4.25. The normalized spacial score (nSPS) is 26.6. The lowest BCUT2D eigenvalue weighted by atomic mass is 9.94. The van der Waals surface area contributed by atoms with E-state index in [1.165, 1.54) is 47.2 Å². The van der Waals surface area contributed by atoms with Crippen LogP contribution in [0.4, 0.5) is 0 Å². The summed E-state index contributed by atoms with van der Waals surface area (Å²) in [6.45, 7) is 0. The van der Waals surface area contributed by atoms with Crippen LogP contribution in [-0.4, -0.2) is 13.1 Å². The van der Waals surface area contributed by atoms with Crippen molar-refractivity contribution in [2.45, 2.75) is 44.6 Å². The molecule has 0 amide bonds. The van der Waals surface area contributed by atoms with Crippen molar-refractivity contribution in [3.8, 4) is 0 Å². The molecule has 2 rings (SSSR count). The average molecular weight is 302 g/mol. The zero-order valence-electron chi connectivity index (χ0n) is 9.84. The minimum Gasteiger partial charge on any atom is -0.317 e. The van der Waals surface area contributed by atoms with Crippen LogP contribution in [0.25, 0.3) is 0 Å². The van der Waals surface area contributed by atoms with Crippen molar-refractivity contribution < 1.29 is 0 Å². The van der Waals surface area contributed by atoms with E-state index in [2.05, 4.69) is 40.4 Å². The lowest BCUT2D eigenvalue weighted by Crippen LogP contribution is -2.26. The molecule has 90 valence electrons. The van der Waals surface area contributed by atoms with E-state index in [0.29, 0.717) is 0 Å². The molecule has 1 heterocycles. The van der Waals surface area contributed by atoms with Crippen molar-refractivity contribution in [1.29, 1.82) is 0 Å². The first-order valence-electron chi connectivity index (χ1n) is 6.19. The van der Waals surface area contributed by atoms with Gasteiger partial charge in [0.05, 0.1) is 3.79 Å². The van der Waals surface area contributed by atoms with Crippen LogP contribution in [-0.2, 0) is 6.42 Å². The Kier molecular flexibility index (Phi) is 4.86. The summed E-state index contributed by atoms with van der Waals surface area (Å²) in [5.74, 6) is 0.880. The Morgan fingerprint density at radius 3 is 2.88 bits per heavy atom. The Morgan fingerprint density at radius 2 is 2.19 bits per heavy atom. The maximum atomic E-state index is 3.54. The van der Waals surface area contributed by atoms with Crippen LogP contribution in [0.15, 0.2) is 15.9 Å². The summed E-state index contributed by atoms with van der Waals surface area (Å²) in [5.41, 5.74) is 0. The van der Waals surface area contributed by atoms with Crippen molar-refractivity contribution in [2.75, 3.05) is 7.05 Å². The van der Waals surface area contributed by atoms with Gasteiger partial charge in [-0.15, -0.1) is 11.3 Å². The van der Waals surface area contributed by atoms with Crippen LogP contribution in [0, 0.1) is 5.92 Å². The van der Waals surface area contributed by atoms with Gasteiger partial charge in [-0.2, -0.15) is 0 Å². The van der Waals surface area contributed by atoms with Crippen LogP contribution in [0.5, 0.6) is 0 Å². The van der Waals surface area contributed by atoms with Crippen molar-refractivity contribution in [3.05, 3.63) is 20.8 Å². The predicted molar refractivity (Wildman–Crippen MR) is 75.1 cm³/mol. The van der Waals surface area contributed by atoms with Gasteiger partial charge in [0.1, 0.15) is 0 Å². The molecule has 0 bridgehead atoms. The average Bonchev–Trinajstić information content (AvgIpc) is 2.55. The molecule has 0 spiro atoms. The second-order valence-corrected chi connectivity index (χ2v) is 7.33. The Hall–Kier alpha value is 0.140. The summed E-state index contributed by atoms with van der Waals surface area (Å²) < 4.78 is 1.27. The Balaban J connectivity index is 1.92. The second kappa shape index (κ2) is 6.18. The van der Waals surface area contributed by atoms with Gasteiger partial charge in [-0.25, -0.2) is 0 Å². The molecule has 2 atom stereocenters. The number of thiophene rings is 1. The van der Waals surface area contributed by atoms with Gasteiger partial charge in [0.15, 0.2) is 0 Å². The van der Waals surface area contributed by atoms with Crippen molar-refractivity contribution >= 4 is 27.3 Å². The maximum absolute atomic E-state index is 3.54. The van der Waals surface area contributed by atoms with E-state index >= 15 is 0 Å². The molecule has 1 fully saturated rings. The highest BCUT2D eigenvalue weighted by atomic mass is 79.9. The standard InChI is InChI=1S/C13H20BrNS/c1-15-11-5-3-2-4-10(8-11)9-12-6-7-13(14)16-12/h6-7,10-11,15H,2-5,8-9H2,1H3. The molecule has 0 aliphatic heterocycles. The molecule has 16 heavy (non-hydrogen) atoms. The predicted octanol–water partition coefficient (Wildman–Crippen LogP) is 4.22. The van der Waals surface area contributed by atoms with Crippen molar-refractivity contribution in [1.82, 2.24) is 5.32 Å². The quantitative estimate of drug-likeness (QED) is 0.824. The summed E-state index contributed by atoms with van der Waals surface area (Å²) in [4.78, 5) is 1.54. The van der Waals surface area contributed by atoms with Gasteiger partial charge in [0.25, 0.3) is 0 Å². The summed E-state index contributed by atoms with van der Waals surface area (Å²) in [6, 6.07) is 5.19. The van der Waals surface area contributed by atoms with Gasteiger partial charge in [-0.3, -0.25) is 0 Å². The molecular weight excluding hydrogens is 282 g/mol. The number of hydrogen-bond donors (Lipinski definition) is 1. The first kappa shape index (κ1) is 12.6. The fraction of sp³-hybridized carbons (Fsp3) is 0.692. The fourth-order valence-electron chi connectivity index (χ4n) is 2.66. The molecule has 1 nitrogen and oxygen atoms in total. The summed E-state index contributed by atoms with van der Waals surface area (Å²) >= 11 is 5.44. The topological polar surface area (TPSA) is 12.0 Å². The van der Waals surface area contributed by atoms with Crippen molar-refractivity contribution in [2.24, 2.45) is 5.92 Å². The Morgan fingerprint density at radius 1 is 1.38 bits per heavy atom. The molecule has 1 aromatic rings. The minimum atomic E-state index is 0.746. The molecule has 2 unspecified atom stereocenters. The van der Waals surface area contributed by atoms with Gasteiger partial charge in [-0.05, 0) is 60.3 Å². The van der Waals surface area contributed by atoms with Crippen LogP contribution >= 0.6 is 27.3 Å². The van der Waals surface area contributed by atoms with E-state index in [1.807, 2.05) is 11.3 Å². The SMILES string of the molecule is CNC1CCCCC(Cc2ccc(Br)s2)C1. The van der Waals surface area contributed by atoms with E-state index in [0.717, 1.165) is 12.0 Å². The highest BCUT2D eigenvalue weighted by Gasteiger charge is 2.19. The van der Waals surface area contributed by atoms with Gasteiger partial charge < -0.3 is 5.32 Å². The summed E-state index contributed by atoms with van der Waals surface area (Å²) in [7, 11) is 2.11. The van der Waals surface area contributed by atoms with E-state index in [4.69, 9.17) is 0 Å². The number of halogens is 1. The number of rotatable bonds is 3. The largest absolute Gasteiger partial charge is 0.317 e. The van der Waals surface area contributed by atoms with E-state index in [-0.39, 0.29) is 0 Å². The van der Waals surface area contributed by atoms with Gasteiger partial charge >= 0.3 is 0 Å². The van der Waals surface area contributed by atoms with Gasteiger partial charge in [0.2, 0.25) is 0 Å². The second-order valence-electron chi connectivity index (χ2n) is 4.78. The smallest absolute Gasteiger partial charge is 0.0701 e. The monoisotopic (exact) mass is 301 g/mol. The van der Waals surface area contributed by atoms with Gasteiger partial charge in [0, 0.05) is 10.9 Å². The zero-order chi connectivity index (χ0) is 11.4.